The van der Waals surface area contributed by atoms with Crippen LogP contribution in [0, 0.1) is 17.7 Å². The Morgan fingerprint density at radius 1 is 1.25 bits per heavy atom. The normalized spacial score (nSPS) is 15.5. The van der Waals surface area contributed by atoms with Crippen LogP contribution in [0.1, 0.15) is 24.8 Å². The van der Waals surface area contributed by atoms with Crippen LogP contribution in [0.15, 0.2) is 18.2 Å². The van der Waals surface area contributed by atoms with Crippen LogP contribution in [0.2, 0.25) is 0 Å². The molecule has 0 aliphatic carbocycles. The number of hydrogen-bond donors (Lipinski definition) is 1. The molecule has 0 aromatic heterocycles. The van der Waals surface area contributed by atoms with E-state index in [0.717, 1.165) is 19.6 Å². The Bertz CT molecular complexity index is 487. The Labute approximate surface area is 119 Å². The number of benzene rings is 1. The molecular weight excluding hydrogens is 257 g/mol. The van der Waals surface area contributed by atoms with Crippen molar-refractivity contribution in [2.45, 2.75) is 19.3 Å². The molecule has 3 nitrogen and oxygen atoms in total. The second-order valence-electron chi connectivity index (χ2n) is 4.85. The molecule has 1 aliphatic rings. The van der Waals surface area contributed by atoms with E-state index in [1.165, 1.54) is 31.4 Å². The van der Waals surface area contributed by atoms with Gasteiger partial charge >= 0.3 is 0 Å². The summed E-state index contributed by atoms with van der Waals surface area (Å²) in [5.74, 6) is 5.46. The smallest absolute Gasteiger partial charge is 0.135 e. The van der Waals surface area contributed by atoms with Gasteiger partial charge in [0.2, 0.25) is 0 Å². The van der Waals surface area contributed by atoms with E-state index in [0.29, 0.717) is 17.9 Å². The van der Waals surface area contributed by atoms with Crippen LogP contribution >= 0.6 is 0 Å². The van der Waals surface area contributed by atoms with Crippen LogP contribution in [0.4, 0.5) is 4.39 Å². The molecule has 1 heterocycles. The van der Waals surface area contributed by atoms with E-state index in [1.807, 2.05) is 0 Å². The molecule has 0 spiro atoms. The fourth-order valence-corrected chi connectivity index (χ4v) is 2.33. The standard InChI is InChI=1S/C16H20FNO2/c17-15-6-7-16(14(13-15)5-4-11-19)20-12-10-18-8-2-1-3-9-18/h6-7,13,19H,1-3,8-12H2. The van der Waals surface area contributed by atoms with E-state index in [1.54, 1.807) is 6.07 Å². The third-order valence-corrected chi connectivity index (χ3v) is 3.36. The van der Waals surface area contributed by atoms with Crippen LogP contribution in [0.3, 0.4) is 0 Å². The van der Waals surface area contributed by atoms with Crippen molar-refractivity contribution in [3.8, 4) is 17.6 Å². The molecule has 1 fully saturated rings. The van der Waals surface area contributed by atoms with Gasteiger partial charge in [0, 0.05) is 6.54 Å². The molecule has 0 atom stereocenters. The van der Waals surface area contributed by atoms with Gasteiger partial charge in [0.25, 0.3) is 0 Å². The number of halogens is 1. The molecule has 1 aromatic carbocycles. The molecule has 0 amide bonds. The largest absolute Gasteiger partial charge is 0.491 e. The van der Waals surface area contributed by atoms with Gasteiger partial charge in [0.1, 0.15) is 24.8 Å². The molecule has 108 valence electrons. The summed E-state index contributed by atoms with van der Waals surface area (Å²) in [6.07, 6.45) is 3.82. The number of ether oxygens (including phenoxy) is 1. The molecular formula is C16H20FNO2. The van der Waals surface area contributed by atoms with Crippen LogP contribution in [-0.2, 0) is 0 Å². The highest BCUT2D eigenvalue weighted by atomic mass is 19.1. The predicted molar refractivity (Wildman–Crippen MR) is 76.1 cm³/mol. The fourth-order valence-electron chi connectivity index (χ4n) is 2.33. The quantitative estimate of drug-likeness (QED) is 0.855. The highest BCUT2D eigenvalue weighted by Gasteiger charge is 2.10. The minimum Gasteiger partial charge on any atom is -0.491 e. The van der Waals surface area contributed by atoms with E-state index >= 15 is 0 Å². The molecule has 0 saturated carbocycles. The lowest BCUT2D eigenvalue weighted by molar-refractivity contribution is 0.183. The van der Waals surface area contributed by atoms with E-state index < -0.39 is 0 Å². The van der Waals surface area contributed by atoms with E-state index in [4.69, 9.17) is 9.84 Å². The molecule has 0 bridgehead atoms. The number of aliphatic hydroxyl groups excluding tert-OH is 1. The van der Waals surface area contributed by atoms with Crippen LogP contribution < -0.4 is 4.74 Å². The van der Waals surface area contributed by atoms with Gasteiger partial charge in [-0.05, 0) is 44.1 Å². The Kier molecular flexibility index (Phi) is 5.85. The number of piperidine rings is 1. The number of likely N-dealkylation sites (tertiary alicyclic amines) is 1. The highest BCUT2D eigenvalue weighted by Crippen LogP contribution is 2.19. The van der Waals surface area contributed by atoms with Crippen molar-refractivity contribution in [2.75, 3.05) is 32.8 Å². The lowest BCUT2D eigenvalue weighted by Gasteiger charge is -2.26. The average molecular weight is 277 g/mol. The molecule has 2 rings (SSSR count). The molecule has 0 radical (unpaired) electrons. The molecule has 4 heteroatoms. The lowest BCUT2D eigenvalue weighted by Crippen LogP contribution is -2.33. The van der Waals surface area contributed by atoms with Crippen molar-refractivity contribution in [2.24, 2.45) is 0 Å². The summed E-state index contributed by atoms with van der Waals surface area (Å²) < 4.78 is 18.9. The predicted octanol–water partition coefficient (Wildman–Crippen LogP) is 2.03. The second-order valence-corrected chi connectivity index (χ2v) is 4.85. The molecule has 1 saturated heterocycles. The zero-order chi connectivity index (χ0) is 14.2. The van der Waals surface area contributed by atoms with E-state index in [-0.39, 0.29) is 12.4 Å². The minimum atomic E-state index is -0.351. The van der Waals surface area contributed by atoms with Gasteiger partial charge in [-0.15, -0.1) is 0 Å². The Hall–Kier alpha value is -1.57. The maximum absolute atomic E-state index is 13.2. The zero-order valence-electron chi connectivity index (χ0n) is 11.6. The van der Waals surface area contributed by atoms with Gasteiger partial charge in [-0.3, -0.25) is 4.90 Å². The van der Waals surface area contributed by atoms with Crippen molar-refractivity contribution in [3.63, 3.8) is 0 Å². The van der Waals surface area contributed by atoms with Gasteiger partial charge in [0.15, 0.2) is 0 Å². The van der Waals surface area contributed by atoms with Crippen molar-refractivity contribution in [1.82, 2.24) is 4.90 Å². The zero-order valence-corrected chi connectivity index (χ0v) is 11.6. The van der Waals surface area contributed by atoms with Gasteiger partial charge in [-0.1, -0.05) is 18.3 Å². The third-order valence-electron chi connectivity index (χ3n) is 3.36. The first-order chi connectivity index (χ1) is 9.79. The Balaban J connectivity index is 1.91. The van der Waals surface area contributed by atoms with Gasteiger partial charge < -0.3 is 9.84 Å². The monoisotopic (exact) mass is 277 g/mol. The van der Waals surface area contributed by atoms with Gasteiger partial charge in [-0.25, -0.2) is 4.39 Å². The van der Waals surface area contributed by atoms with Crippen molar-refractivity contribution in [1.29, 1.82) is 0 Å². The molecule has 1 aliphatic heterocycles. The third kappa shape index (κ3) is 4.52. The van der Waals surface area contributed by atoms with Gasteiger partial charge in [-0.2, -0.15) is 0 Å². The Morgan fingerprint density at radius 3 is 2.80 bits per heavy atom. The SMILES string of the molecule is OCC#Cc1cc(F)ccc1OCCN1CCCCC1. The van der Waals surface area contributed by atoms with Crippen LogP contribution in [0.5, 0.6) is 5.75 Å². The van der Waals surface area contributed by atoms with Crippen LogP contribution in [-0.4, -0.2) is 42.9 Å². The molecule has 1 N–H and O–H groups in total. The number of aliphatic hydroxyl groups is 1. The summed E-state index contributed by atoms with van der Waals surface area (Å²) in [6.45, 7) is 3.46. The van der Waals surface area contributed by atoms with Crippen molar-refractivity contribution in [3.05, 3.63) is 29.6 Å². The maximum Gasteiger partial charge on any atom is 0.135 e. The van der Waals surface area contributed by atoms with Gasteiger partial charge in [0.05, 0.1) is 5.56 Å². The second kappa shape index (κ2) is 7.88. The summed E-state index contributed by atoms with van der Waals surface area (Å²) in [7, 11) is 0. The average Bonchev–Trinajstić information content (AvgIpc) is 2.48. The summed E-state index contributed by atoms with van der Waals surface area (Å²) in [5, 5.41) is 8.72. The first-order valence-corrected chi connectivity index (χ1v) is 7.04. The number of hydrogen-bond acceptors (Lipinski definition) is 3. The topological polar surface area (TPSA) is 32.7 Å². The fraction of sp³-hybridized carbons (Fsp3) is 0.500. The van der Waals surface area contributed by atoms with Crippen LogP contribution in [0.25, 0.3) is 0 Å². The summed E-state index contributed by atoms with van der Waals surface area (Å²) in [6, 6.07) is 4.28. The number of rotatable bonds is 4. The molecule has 1 aromatic rings. The Morgan fingerprint density at radius 2 is 2.05 bits per heavy atom. The summed E-state index contributed by atoms with van der Waals surface area (Å²) in [4.78, 5) is 2.38. The number of nitrogens with zero attached hydrogens (tertiary/aromatic N) is 1. The summed E-state index contributed by atoms with van der Waals surface area (Å²) in [5.41, 5.74) is 0.484. The first kappa shape index (κ1) is 14.8. The molecule has 0 unspecified atom stereocenters. The van der Waals surface area contributed by atoms with Crippen molar-refractivity contribution < 1.29 is 14.2 Å². The van der Waals surface area contributed by atoms with E-state index in [9.17, 15) is 4.39 Å². The first-order valence-electron chi connectivity index (χ1n) is 7.04. The highest BCUT2D eigenvalue weighted by molar-refractivity contribution is 5.46. The lowest BCUT2D eigenvalue weighted by atomic mass is 10.1. The van der Waals surface area contributed by atoms with Crippen molar-refractivity contribution >= 4 is 0 Å². The molecule has 20 heavy (non-hydrogen) atoms. The van der Waals surface area contributed by atoms with E-state index in [2.05, 4.69) is 16.7 Å². The summed E-state index contributed by atoms with van der Waals surface area (Å²) >= 11 is 0. The minimum absolute atomic E-state index is 0.246. The maximum atomic E-state index is 13.2.